The Morgan fingerprint density at radius 1 is 1.38 bits per heavy atom. The van der Waals surface area contributed by atoms with Crippen molar-refractivity contribution in [1.82, 2.24) is 4.98 Å². The smallest absolute Gasteiger partial charge is 0.279 e. The first kappa shape index (κ1) is 7.72. The van der Waals surface area contributed by atoms with Gasteiger partial charge in [0, 0.05) is 5.69 Å². The van der Waals surface area contributed by atoms with Crippen molar-refractivity contribution in [3.05, 3.63) is 22.9 Å². The summed E-state index contributed by atoms with van der Waals surface area (Å²) in [6.45, 7) is 1.76. The number of aromatic nitrogens is 1. The maximum absolute atomic E-state index is 11.2. The number of hydrogen-bond donors (Lipinski definition) is 2. The number of hydrogen-bond acceptors (Lipinski definition) is 4. The third kappa shape index (κ3) is 0.970. The molecule has 0 spiro atoms. The molecule has 13 heavy (non-hydrogen) atoms. The molecule has 0 radical (unpaired) electrons. The van der Waals surface area contributed by atoms with E-state index >= 15 is 0 Å². The molecule has 1 aliphatic rings. The van der Waals surface area contributed by atoms with Crippen molar-refractivity contribution in [2.24, 2.45) is 10.7 Å². The van der Waals surface area contributed by atoms with Crippen LogP contribution in [0.15, 0.2) is 11.1 Å². The second kappa shape index (κ2) is 2.29. The highest BCUT2D eigenvalue weighted by Gasteiger charge is 2.24. The number of carbonyl (C=O) groups is 1. The number of aryl methyl sites for hydroxylation is 1. The molecule has 1 aromatic rings. The molecule has 0 saturated carbocycles. The van der Waals surface area contributed by atoms with Crippen LogP contribution in [0.4, 0.5) is 5.82 Å². The van der Waals surface area contributed by atoms with Gasteiger partial charge in [0.05, 0.1) is 11.1 Å². The van der Waals surface area contributed by atoms with Gasteiger partial charge in [-0.1, -0.05) is 0 Å². The van der Waals surface area contributed by atoms with Crippen LogP contribution in [0, 0.1) is 6.92 Å². The molecule has 2 heterocycles. The number of nitrogens with two attached hydrogens (primary N) is 2. The predicted octanol–water partition coefficient (Wildman–Crippen LogP) is -0.169. The summed E-state index contributed by atoms with van der Waals surface area (Å²) in [6, 6.07) is 1.64. The molecule has 0 aromatic carbocycles. The molecule has 2 rings (SSSR count). The van der Waals surface area contributed by atoms with Gasteiger partial charge in [0.1, 0.15) is 11.7 Å². The third-order valence-corrected chi connectivity index (χ3v) is 1.88. The predicted molar refractivity (Wildman–Crippen MR) is 48.4 cm³/mol. The average Bonchev–Trinajstić information content (AvgIpc) is 2.27. The first-order chi connectivity index (χ1) is 6.09. The van der Waals surface area contributed by atoms with Gasteiger partial charge in [-0.2, -0.15) is 4.99 Å². The van der Waals surface area contributed by atoms with Gasteiger partial charge in [-0.05, 0) is 13.0 Å². The standard InChI is InChI=1S/C8H8N4O/c1-3-2-4-5(6(9)11-3)7(10)12-8(4)13/h2H,1H3,(H2,9,11)(H2,10,12,13). The molecule has 0 bridgehead atoms. The summed E-state index contributed by atoms with van der Waals surface area (Å²) in [5, 5.41) is 0. The van der Waals surface area contributed by atoms with Crippen LogP contribution in [0.3, 0.4) is 0 Å². The second-order valence-electron chi connectivity index (χ2n) is 2.87. The number of anilines is 1. The molecule has 1 amide bonds. The summed E-state index contributed by atoms with van der Waals surface area (Å²) >= 11 is 0. The molecule has 1 aromatic heterocycles. The zero-order valence-corrected chi connectivity index (χ0v) is 7.03. The lowest BCUT2D eigenvalue weighted by Crippen LogP contribution is -2.14. The van der Waals surface area contributed by atoms with E-state index in [9.17, 15) is 4.79 Å². The minimum atomic E-state index is -0.343. The second-order valence-corrected chi connectivity index (χ2v) is 2.87. The number of nitrogens with zero attached hydrogens (tertiary/aromatic N) is 2. The lowest BCUT2D eigenvalue weighted by atomic mass is 10.1. The SMILES string of the molecule is Cc1cc2c(c(N)n1)C(N)=NC2=O. The zero-order valence-electron chi connectivity index (χ0n) is 7.03. The molecule has 0 fully saturated rings. The van der Waals surface area contributed by atoms with Crippen LogP contribution in [0.1, 0.15) is 21.6 Å². The quantitative estimate of drug-likeness (QED) is 0.573. The molecular weight excluding hydrogens is 168 g/mol. The highest BCUT2D eigenvalue weighted by atomic mass is 16.1. The Balaban J connectivity index is 2.77. The Morgan fingerprint density at radius 2 is 2.08 bits per heavy atom. The highest BCUT2D eigenvalue weighted by Crippen LogP contribution is 2.22. The average molecular weight is 176 g/mol. The van der Waals surface area contributed by atoms with Crippen LogP contribution in [-0.2, 0) is 0 Å². The third-order valence-electron chi connectivity index (χ3n) is 1.88. The van der Waals surface area contributed by atoms with E-state index in [1.807, 2.05) is 0 Å². The number of amidine groups is 1. The van der Waals surface area contributed by atoms with Crippen LogP contribution in [0.25, 0.3) is 0 Å². The van der Waals surface area contributed by atoms with Gasteiger partial charge in [0.15, 0.2) is 0 Å². The van der Waals surface area contributed by atoms with E-state index in [2.05, 4.69) is 9.98 Å². The van der Waals surface area contributed by atoms with Crippen LogP contribution < -0.4 is 11.5 Å². The molecule has 0 atom stereocenters. The first-order valence-corrected chi connectivity index (χ1v) is 3.75. The van der Waals surface area contributed by atoms with E-state index in [1.165, 1.54) is 0 Å². The first-order valence-electron chi connectivity index (χ1n) is 3.75. The van der Waals surface area contributed by atoms with Crippen molar-refractivity contribution in [2.45, 2.75) is 6.92 Å². The summed E-state index contributed by atoms with van der Waals surface area (Å²) in [6.07, 6.45) is 0. The van der Waals surface area contributed by atoms with Crippen molar-refractivity contribution in [2.75, 3.05) is 5.73 Å². The van der Waals surface area contributed by atoms with Crippen molar-refractivity contribution < 1.29 is 4.79 Å². The number of fused-ring (bicyclic) bond motifs is 1. The minimum absolute atomic E-state index is 0.157. The Bertz CT molecular complexity index is 436. The highest BCUT2D eigenvalue weighted by molar-refractivity contribution is 6.21. The largest absolute Gasteiger partial charge is 0.383 e. The molecular formula is C8H8N4O. The summed E-state index contributed by atoms with van der Waals surface area (Å²) < 4.78 is 0. The maximum atomic E-state index is 11.2. The van der Waals surface area contributed by atoms with Crippen molar-refractivity contribution in [3.63, 3.8) is 0 Å². The lowest BCUT2D eigenvalue weighted by Gasteiger charge is -2.02. The van der Waals surface area contributed by atoms with Gasteiger partial charge in [-0.25, -0.2) is 4.98 Å². The zero-order chi connectivity index (χ0) is 9.59. The van der Waals surface area contributed by atoms with Crippen LogP contribution in [0.5, 0.6) is 0 Å². The topological polar surface area (TPSA) is 94.4 Å². The number of carbonyl (C=O) groups excluding carboxylic acids is 1. The Kier molecular flexibility index (Phi) is 1.36. The van der Waals surface area contributed by atoms with Gasteiger partial charge in [-0.3, -0.25) is 4.79 Å². The Morgan fingerprint density at radius 3 is 2.77 bits per heavy atom. The number of rotatable bonds is 0. The molecule has 0 unspecified atom stereocenters. The fourth-order valence-electron chi connectivity index (χ4n) is 1.36. The molecule has 1 aliphatic heterocycles. The van der Waals surface area contributed by atoms with Gasteiger partial charge in [0.2, 0.25) is 0 Å². The summed E-state index contributed by atoms with van der Waals surface area (Å²) in [5.41, 5.74) is 12.7. The maximum Gasteiger partial charge on any atom is 0.279 e. The van der Waals surface area contributed by atoms with Gasteiger partial charge in [-0.15, -0.1) is 0 Å². The fourth-order valence-corrected chi connectivity index (χ4v) is 1.36. The molecule has 5 heteroatoms. The van der Waals surface area contributed by atoms with E-state index in [0.29, 0.717) is 16.8 Å². The van der Waals surface area contributed by atoms with Gasteiger partial charge in [0.25, 0.3) is 5.91 Å². The Labute approximate surface area is 74.5 Å². The van der Waals surface area contributed by atoms with Crippen molar-refractivity contribution >= 4 is 17.6 Å². The molecule has 66 valence electrons. The van der Waals surface area contributed by atoms with Crippen molar-refractivity contribution in [3.8, 4) is 0 Å². The van der Waals surface area contributed by atoms with E-state index < -0.39 is 0 Å². The monoisotopic (exact) mass is 176 g/mol. The molecule has 4 N–H and O–H groups in total. The van der Waals surface area contributed by atoms with Gasteiger partial charge < -0.3 is 11.5 Å². The van der Waals surface area contributed by atoms with Gasteiger partial charge >= 0.3 is 0 Å². The normalized spacial score (nSPS) is 14.2. The fraction of sp³-hybridized carbons (Fsp3) is 0.125. The van der Waals surface area contributed by atoms with Crippen LogP contribution in [0.2, 0.25) is 0 Å². The summed E-state index contributed by atoms with van der Waals surface area (Å²) in [4.78, 5) is 18.8. The number of aliphatic imine (C=N–C) groups is 1. The molecule has 0 aliphatic carbocycles. The minimum Gasteiger partial charge on any atom is -0.383 e. The summed E-state index contributed by atoms with van der Waals surface area (Å²) in [5.74, 6) is 0.0804. The summed E-state index contributed by atoms with van der Waals surface area (Å²) in [7, 11) is 0. The van der Waals surface area contributed by atoms with Crippen LogP contribution in [-0.4, -0.2) is 16.7 Å². The van der Waals surface area contributed by atoms with E-state index in [0.717, 1.165) is 0 Å². The van der Waals surface area contributed by atoms with Crippen molar-refractivity contribution in [1.29, 1.82) is 0 Å². The lowest BCUT2D eigenvalue weighted by molar-refractivity contribution is 0.101. The Hall–Kier alpha value is -1.91. The number of amides is 1. The van der Waals surface area contributed by atoms with E-state index in [1.54, 1.807) is 13.0 Å². The number of pyridine rings is 1. The van der Waals surface area contributed by atoms with E-state index in [4.69, 9.17) is 11.5 Å². The van der Waals surface area contributed by atoms with E-state index in [-0.39, 0.29) is 17.6 Å². The van der Waals surface area contributed by atoms with Crippen LogP contribution >= 0.6 is 0 Å². The molecule has 0 saturated heterocycles. The number of nitrogen functional groups attached to an aromatic ring is 1. The molecule has 5 nitrogen and oxygen atoms in total.